The summed E-state index contributed by atoms with van der Waals surface area (Å²) in [7, 11) is -3.83. The Morgan fingerprint density at radius 1 is 1.18 bits per heavy atom. The molecule has 2 fully saturated rings. The Kier molecular flexibility index (Phi) is 6.69. The molecule has 7 nitrogen and oxygen atoms in total. The maximum Gasteiger partial charge on any atom is 0.253 e. The summed E-state index contributed by atoms with van der Waals surface area (Å²) in [6, 6.07) is 7.65. The number of fused-ring (bicyclic) bond motifs is 1. The predicted octanol–water partition coefficient (Wildman–Crippen LogP) is 5.03. The molecular formula is C21H21Cl2N3O4S3. The molecule has 2 saturated heterocycles. The number of rotatable bonds is 6. The number of thiazole rings is 1. The van der Waals surface area contributed by atoms with Gasteiger partial charge in [-0.05, 0) is 56.0 Å². The highest BCUT2D eigenvalue weighted by atomic mass is 35.5. The summed E-state index contributed by atoms with van der Waals surface area (Å²) in [4.78, 5) is 20.1. The van der Waals surface area contributed by atoms with Crippen LogP contribution in [0.5, 0.6) is 0 Å². The average molecular weight is 547 g/mol. The van der Waals surface area contributed by atoms with Crippen molar-refractivity contribution in [2.45, 2.75) is 42.0 Å². The van der Waals surface area contributed by atoms with Crippen LogP contribution in [0.25, 0.3) is 10.2 Å². The van der Waals surface area contributed by atoms with Crippen molar-refractivity contribution in [2.75, 3.05) is 24.6 Å². The van der Waals surface area contributed by atoms with Gasteiger partial charge in [0.25, 0.3) is 10.0 Å². The number of benzene rings is 1. The van der Waals surface area contributed by atoms with Crippen molar-refractivity contribution in [2.24, 2.45) is 0 Å². The molecule has 0 saturated carbocycles. The molecule has 0 radical (unpaired) electrons. The number of amides is 1. The predicted molar refractivity (Wildman–Crippen MR) is 132 cm³/mol. The number of anilines is 1. The highest BCUT2D eigenvalue weighted by Crippen LogP contribution is 2.36. The van der Waals surface area contributed by atoms with Gasteiger partial charge in [0.05, 0.1) is 27.2 Å². The Balaban J connectivity index is 1.49. The molecule has 2 aromatic heterocycles. The van der Waals surface area contributed by atoms with Crippen molar-refractivity contribution < 1.29 is 17.9 Å². The molecule has 3 aromatic rings. The standard InChI is InChI=1S/C21H21Cl2N3O4S3/c22-13-5-6-15-17(11-13)31-21(24-15)25(12-14-3-2-10-30-14)20(27)16-4-1-9-26(16)33(28,29)19-8-7-18(23)32-19/h5-8,11,14,16H,1-4,9-10,12H2. The van der Waals surface area contributed by atoms with Gasteiger partial charge >= 0.3 is 0 Å². The minimum absolute atomic E-state index is 0.105. The number of carbonyl (C=O) groups excluding carboxylic acids is 1. The Morgan fingerprint density at radius 2 is 2.03 bits per heavy atom. The Hall–Kier alpha value is -1.27. The molecule has 33 heavy (non-hydrogen) atoms. The van der Waals surface area contributed by atoms with Gasteiger partial charge in [-0.3, -0.25) is 9.69 Å². The number of ether oxygens (including phenoxy) is 1. The van der Waals surface area contributed by atoms with E-state index in [2.05, 4.69) is 4.98 Å². The van der Waals surface area contributed by atoms with Gasteiger partial charge in [-0.15, -0.1) is 11.3 Å². The molecule has 2 unspecified atom stereocenters. The molecule has 1 aromatic carbocycles. The van der Waals surface area contributed by atoms with E-state index in [1.54, 1.807) is 17.0 Å². The Bertz CT molecular complexity index is 1290. The van der Waals surface area contributed by atoms with Crippen LogP contribution in [0.3, 0.4) is 0 Å². The molecule has 0 spiro atoms. The van der Waals surface area contributed by atoms with E-state index in [0.29, 0.717) is 40.5 Å². The third-order valence-electron chi connectivity index (χ3n) is 5.85. The number of aromatic nitrogens is 1. The van der Waals surface area contributed by atoms with E-state index < -0.39 is 16.1 Å². The van der Waals surface area contributed by atoms with Gasteiger partial charge in [-0.2, -0.15) is 4.31 Å². The number of sulfonamides is 1. The molecule has 1 amide bonds. The van der Waals surface area contributed by atoms with Gasteiger partial charge in [0, 0.05) is 18.2 Å². The first-order valence-corrected chi connectivity index (χ1v) is 14.4. The number of hydrogen-bond donors (Lipinski definition) is 0. The lowest BCUT2D eigenvalue weighted by Crippen LogP contribution is -2.49. The Morgan fingerprint density at radius 3 is 2.76 bits per heavy atom. The fraction of sp³-hybridized carbons (Fsp3) is 0.429. The zero-order chi connectivity index (χ0) is 23.2. The lowest BCUT2D eigenvalue weighted by atomic mass is 10.2. The minimum Gasteiger partial charge on any atom is -0.376 e. The molecule has 2 aliphatic heterocycles. The van der Waals surface area contributed by atoms with E-state index in [-0.39, 0.29) is 22.8 Å². The van der Waals surface area contributed by atoms with Crippen LogP contribution in [0.2, 0.25) is 9.36 Å². The third kappa shape index (κ3) is 4.67. The third-order valence-corrected chi connectivity index (χ3v) is 10.7. The fourth-order valence-corrected chi connectivity index (χ4v) is 8.78. The summed E-state index contributed by atoms with van der Waals surface area (Å²) in [5.41, 5.74) is 0.744. The fourth-order valence-electron chi connectivity index (χ4n) is 4.26. The normalized spacial score (nSPS) is 21.8. The smallest absolute Gasteiger partial charge is 0.253 e. The largest absolute Gasteiger partial charge is 0.376 e. The molecular weight excluding hydrogens is 525 g/mol. The van der Waals surface area contributed by atoms with E-state index in [1.165, 1.54) is 21.7 Å². The van der Waals surface area contributed by atoms with Gasteiger partial charge in [0.15, 0.2) is 5.13 Å². The Labute approximate surface area is 209 Å². The summed E-state index contributed by atoms with van der Waals surface area (Å²) >= 11 is 14.5. The van der Waals surface area contributed by atoms with Gasteiger partial charge < -0.3 is 4.74 Å². The van der Waals surface area contributed by atoms with Crippen LogP contribution in [0, 0.1) is 0 Å². The van der Waals surface area contributed by atoms with Gasteiger partial charge in [-0.25, -0.2) is 13.4 Å². The molecule has 12 heteroatoms. The number of thiophene rings is 1. The summed E-state index contributed by atoms with van der Waals surface area (Å²) in [6.45, 7) is 1.28. The molecule has 0 N–H and O–H groups in total. The van der Waals surface area contributed by atoms with Crippen LogP contribution in [0.15, 0.2) is 34.5 Å². The van der Waals surface area contributed by atoms with Crippen molar-refractivity contribution in [1.29, 1.82) is 0 Å². The lowest BCUT2D eigenvalue weighted by molar-refractivity contribution is -0.122. The second-order valence-corrected chi connectivity index (χ2v) is 13.3. The summed E-state index contributed by atoms with van der Waals surface area (Å²) < 4.78 is 35.1. The second kappa shape index (κ2) is 9.41. The molecule has 2 atom stereocenters. The zero-order valence-electron chi connectivity index (χ0n) is 17.4. The van der Waals surface area contributed by atoms with Crippen LogP contribution >= 0.6 is 45.9 Å². The van der Waals surface area contributed by atoms with Crippen molar-refractivity contribution in [1.82, 2.24) is 9.29 Å². The van der Waals surface area contributed by atoms with Crippen molar-refractivity contribution in [3.05, 3.63) is 39.7 Å². The molecule has 0 bridgehead atoms. The molecule has 0 aliphatic carbocycles. The van der Waals surface area contributed by atoms with Crippen molar-refractivity contribution >= 4 is 77.2 Å². The van der Waals surface area contributed by atoms with E-state index in [4.69, 9.17) is 27.9 Å². The second-order valence-electron chi connectivity index (χ2n) is 8.02. The monoisotopic (exact) mass is 545 g/mol. The van der Waals surface area contributed by atoms with E-state index in [9.17, 15) is 13.2 Å². The first kappa shape index (κ1) is 23.5. The lowest BCUT2D eigenvalue weighted by Gasteiger charge is -2.29. The SMILES string of the molecule is O=C(C1CCCN1S(=O)(=O)c1ccc(Cl)s1)N(CC1CCCO1)c1nc2ccc(Cl)cc2s1. The van der Waals surface area contributed by atoms with E-state index in [0.717, 1.165) is 34.4 Å². The minimum atomic E-state index is -3.83. The van der Waals surface area contributed by atoms with Crippen LogP contribution < -0.4 is 4.90 Å². The van der Waals surface area contributed by atoms with Gasteiger partial charge in [0.1, 0.15) is 10.3 Å². The summed E-state index contributed by atoms with van der Waals surface area (Å²) in [5, 5.41) is 1.12. The van der Waals surface area contributed by atoms with Crippen LogP contribution in [0.4, 0.5) is 5.13 Å². The highest BCUT2D eigenvalue weighted by molar-refractivity contribution is 7.91. The maximum atomic E-state index is 13.9. The topological polar surface area (TPSA) is 79.8 Å². The average Bonchev–Trinajstić information content (AvgIpc) is 3.57. The molecule has 4 heterocycles. The van der Waals surface area contributed by atoms with E-state index >= 15 is 0 Å². The maximum absolute atomic E-state index is 13.9. The quantitative estimate of drug-likeness (QED) is 0.434. The summed E-state index contributed by atoms with van der Waals surface area (Å²) in [5.74, 6) is -0.278. The van der Waals surface area contributed by atoms with Crippen LogP contribution in [-0.2, 0) is 19.6 Å². The first-order chi connectivity index (χ1) is 15.8. The van der Waals surface area contributed by atoms with Gasteiger partial charge in [-0.1, -0.05) is 34.5 Å². The molecule has 2 aliphatic rings. The number of halogens is 2. The van der Waals surface area contributed by atoms with E-state index in [1.807, 2.05) is 12.1 Å². The zero-order valence-corrected chi connectivity index (χ0v) is 21.4. The van der Waals surface area contributed by atoms with Gasteiger partial charge in [0.2, 0.25) is 5.91 Å². The number of nitrogens with zero attached hydrogens (tertiary/aromatic N) is 3. The molecule has 5 rings (SSSR count). The van der Waals surface area contributed by atoms with Crippen molar-refractivity contribution in [3.63, 3.8) is 0 Å². The highest BCUT2D eigenvalue weighted by Gasteiger charge is 2.43. The first-order valence-electron chi connectivity index (χ1n) is 10.6. The number of hydrogen-bond acceptors (Lipinski definition) is 7. The van der Waals surface area contributed by atoms with Crippen LogP contribution in [-0.4, -0.2) is 55.5 Å². The summed E-state index contributed by atoms with van der Waals surface area (Å²) in [6.07, 6.45) is 2.74. The molecule has 176 valence electrons. The number of carbonyl (C=O) groups is 1. The van der Waals surface area contributed by atoms with Crippen molar-refractivity contribution in [3.8, 4) is 0 Å². The van der Waals surface area contributed by atoms with Crippen LogP contribution in [0.1, 0.15) is 25.7 Å².